The number of benzene rings is 1. The van der Waals surface area contributed by atoms with Crippen LogP contribution in [-0.4, -0.2) is 62.5 Å². The van der Waals surface area contributed by atoms with Gasteiger partial charge in [-0.1, -0.05) is 18.2 Å². The maximum absolute atomic E-state index is 11.8. The number of carbonyl (C=O) groups excluding carboxylic acids is 1. The summed E-state index contributed by atoms with van der Waals surface area (Å²) < 4.78 is 16.9. The molecule has 0 amide bonds. The Morgan fingerprint density at radius 1 is 1.29 bits per heavy atom. The van der Waals surface area contributed by atoms with Gasteiger partial charge in [0.15, 0.2) is 6.10 Å². The summed E-state index contributed by atoms with van der Waals surface area (Å²) in [6.07, 6.45) is 0.135. The second-order valence-electron chi connectivity index (χ2n) is 5.55. The Morgan fingerprint density at radius 3 is 2.67 bits per heavy atom. The van der Waals surface area contributed by atoms with E-state index in [9.17, 15) is 4.79 Å². The molecular weight excluding hydrogens is 327 g/mol. The minimum absolute atomic E-state index is 0.344. The van der Waals surface area contributed by atoms with Crippen LogP contribution in [0.3, 0.4) is 0 Å². The molecule has 7 heteroatoms. The van der Waals surface area contributed by atoms with Gasteiger partial charge in [0.25, 0.3) is 0 Å². The van der Waals surface area contributed by atoms with Crippen LogP contribution in [-0.2, 0) is 14.1 Å². The second kappa shape index (κ2) is 10.6. The third-order valence-electron chi connectivity index (χ3n) is 3.65. The van der Waals surface area contributed by atoms with Crippen LogP contribution < -0.4 is 9.84 Å². The Morgan fingerprint density at radius 2 is 2.00 bits per heavy atom. The van der Waals surface area contributed by atoms with Crippen LogP contribution in [0.1, 0.15) is 13.8 Å². The van der Waals surface area contributed by atoms with E-state index in [1.165, 1.54) is 0 Å². The number of hydrogen-bond donors (Lipinski definition) is 1. The molecule has 0 bridgehead atoms. The maximum atomic E-state index is 11.8. The first-order valence-electron chi connectivity index (χ1n) is 8.46. The van der Waals surface area contributed by atoms with Crippen LogP contribution in [0.15, 0.2) is 30.3 Å². The first kappa shape index (κ1) is 19.1. The summed E-state index contributed by atoms with van der Waals surface area (Å²) in [7, 11) is -1.21. The lowest BCUT2D eigenvalue weighted by Crippen LogP contribution is -2.44. The zero-order valence-corrected chi connectivity index (χ0v) is 15.3. The van der Waals surface area contributed by atoms with E-state index in [1.54, 1.807) is 13.8 Å². The van der Waals surface area contributed by atoms with Crippen molar-refractivity contribution in [3.63, 3.8) is 0 Å². The minimum atomic E-state index is -1.21. The fourth-order valence-corrected chi connectivity index (χ4v) is 3.84. The van der Waals surface area contributed by atoms with Crippen molar-refractivity contribution in [2.45, 2.75) is 20.0 Å². The van der Waals surface area contributed by atoms with Crippen molar-refractivity contribution in [1.82, 2.24) is 10.2 Å². The van der Waals surface area contributed by atoms with Crippen molar-refractivity contribution >= 4 is 14.3 Å². The van der Waals surface area contributed by atoms with Gasteiger partial charge in [0.1, 0.15) is 5.75 Å². The predicted molar refractivity (Wildman–Crippen MR) is 95.3 cm³/mol. The van der Waals surface area contributed by atoms with Gasteiger partial charge < -0.3 is 24.0 Å². The van der Waals surface area contributed by atoms with Crippen LogP contribution in [0.25, 0.3) is 0 Å². The monoisotopic (exact) mass is 354 g/mol. The largest absolute Gasteiger partial charge is 0.464 e. The lowest BCUT2D eigenvalue weighted by atomic mass is 10.3. The molecule has 0 aromatic heterocycles. The molecule has 2 rings (SSSR count). The van der Waals surface area contributed by atoms with E-state index in [2.05, 4.69) is 10.2 Å². The molecule has 24 heavy (non-hydrogen) atoms. The summed E-state index contributed by atoms with van der Waals surface area (Å²) in [5.41, 5.74) is 0. The van der Waals surface area contributed by atoms with E-state index >= 15 is 0 Å². The quantitative estimate of drug-likeness (QED) is 0.542. The van der Waals surface area contributed by atoms with Gasteiger partial charge in [-0.3, -0.25) is 0 Å². The number of carbonyl (C=O) groups is 1. The fourth-order valence-electron chi connectivity index (χ4n) is 2.36. The average Bonchev–Trinajstić information content (AvgIpc) is 2.61. The van der Waals surface area contributed by atoms with Crippen LogP contribution in [0.4, 0.5) is 0 Å². The van der Waals surface area contributed by atoms with E-state index in [4.69, 9.17) is 13.8 Å². The molecule has 1 aliphatic rings. The highest BCUT2D eigenvalue weighted by Crippen LogP contribution is 2.40. The molecule has 1 aromatic carbocycles. The minimum Gasteiger partial charge on any atom is -0.464 e. The Labute approximate surface area is 145 Å². The lowest BCUT2D eigenvalue weighted by molar-refractivity contribution is -0.150. The maximum Gasteiger partial charge on any atom is 0.335 e. The van der Waals surface area contributed by atoms with Gasteiger partial charge in [0.2, 0.25) is 8.38 Å². The number of esters is 1. The zero-order valence-electron chi connectivity index (χ0n) is 14.4. The molecule has 1 saturated heterocycles. The standard InChI is InChI=1S/C17H27N2O4P/c1-3-21-17(20)15(2)22-24(23-16-7-5-4-6-8-16)14-13-19-11-9-18-10-12-19/h4-8,15,18H,3,9-14H2,1-2H3. The lowest BCUT2D eigenvalue weighted by Gasteiger charge is -2.29. The summed E-state index contributed by atoms with van der Waals surface area (Å²) in [5, 5.41) is 3.34. The highest BCUT2D eigenvalue weighted by atomic mass is 31.2. The van der Waals surface area contributed by atoms with Crippen molar-refractivity contribution in [2.75, 3.05) is 45.5 Å². The molecule has 1 fully saturated rings. The molecule has 0 radical (unpaired) electrons. The Bertz CT molecular complexity index is 483. The van der Waals surface area contributed by atoms with Gasteiger partial charge in [-0.25, -0.2) is 4.79 Å². The van der Waals surface area contributed by atoms with E-state index in [-0.39, 0.29) is 5.97 Å². The number of piperazine rings is 1. The summed E-state index contributed by atoms with van der Waals surface area (Å²) in [6, 6.07) is 9.59. The van der Waals surface area contributed by atoms with Crippen molar-refractivity contribution in [3.05, 3.63) is 30.3 Å². The SMILES string of the molecule is CCOC(=O)C(C)OP(CCN1CCNCC1)Oc1ccccc1. The van der Waals surface area contributed by atoms with Crippen LogP contribution in [0, 0.1) is 0 Å². The number of nitrogens with zero attached hydrogens (tertiary/aromatic N) is 1. The summed E-state index contributed by atoms with van der Waals surface area (Å²) >= 11 is 0. The number of para-hydroxylation sites is 1. The smallest absolute Gasteiger partial charge is 0.335 e. The molecule has 1 aliphatic heterocycles. The number of hydrogen-bond acceptors (Lipinski definition) is 6. The van der Waals surface area contributed by atoms with Crippen LogP contribution >= 0.6 is 8.38 Å². The first-order chi connectivity index (χ1) is 11.7. The third-order valence-corrected chi connectivity index (χ3v) is 5.18. The van der Waals surface area contributed by atoms with Crippen LogP contribution in [0.5, 0.6) is 5.75 Å². The molecule has 2 unspecified atom stereocenters. The van der Waals surface area contributed by atoms with E-state index in [1.807, 2.05) is 30.3 Å². The summed E-state index contributed by atoms with van der Waals surface area (Å²) in [5.74, 6) is 0.420. The Hall–Kier alpha value is -1.20. The van der Waals surface area contributed by atoms with Crippen LogP contribution in [0.2, 0.25) is 0 Å². The highest BCUT2D eigenvalue weighted by molar-refractivity contribution is 7.47. The molecule has 0 spiro atoms. The molecular formula is C17H27N2O4P. The molecule has 134 valence electrons. The Balaban J connectivity index is 1.90. The average molecular weight is 354 g/mol. The molecule has 1 N–H and O–H groups in total. The van der Waals surface area contributed by atoms with Gasteiger partial charge in [-0.05, 0) is 26.0 Å². The molecule has 2 atom stereocenters. The van der Waals surface area contributed by atoms with Gasteiger partial charge in [-0.15, -0.1) is 0 Å². The Kier molecular flexibility index (Phi) is 8.47. The second-order valence-corrected chi connectivity index (χ2v) is 7.06. The molecule has 1 heterocycles. The normalized spacial score (nSPS) is 17.9. The molecule has 6 nitrogen and oxygen atoms in total. The molecule has 1 aromatic rings. The summed E-state index contributed by atoms with van der Waals surface area (Å²) in [6.45, 7) is 8.84. The third kappa shape index (κ3) is 6.73. The number of nitrogens with one attached hydrogen (secondary N) is 1. The fraction of sp³-hybridized carbons (Fsp3) is 0.588. The van der Waals surface area contributed by atoms with Crippen molar-refractivity contribution in [1.29, 1.82) is 0 Å². The van der Waals surface area contributed by atoms with Crippen molar-refractivity contribution in [2.24, 2.45) is 0 Å². The summed E-state index contributed by atoms with van der Waals surface area (Å²) in [4.78, 5) is 14.2. The molecule has 0 saturated carbocycles. The van der Waals surface area contributed by atoms with Gasteiger partial charge in [0, 0.05) is 38.9 Å². The number of ether oxygens (including phenoxy) is 1. The van der Waals surface area contributed by atoms with Crippen molar-refractivity contribution < 1.29 is 18.6 Å². The molecule has 0 aliphatic carbocycles. The zero-order chi connectivity index (χ0) is 17.2. The first-order valence-corrected chi connectivity index (χ1v) is 9.82. The van der Waals surface area contributed by atoms with E-state index in [0.717, 1.165) is 44.6 Å². The predicted octanol–water partition coefficient (Wildman–Crippen LogP) is 2.25. The van der Waals surface area contributed by atoms with Gasteiger partial charge in [-0.2, -0.15) is 0 Å². The van der Waals surface area contributed by atoms with Gasteiger partial charge in [0.05, 0.1) is 6.61 Å². The topological polar surface area (TPSA) is 60.0 Å². The highest BCUT2D eigenvalue weighted by Gasteiger charge is 2.24. The van der Waals surface area contributed by atoms with E-state index in [0.29, 0.717) is 6.61 Å². The van der Waals surface area contributed by atoms with Crippen molar-refractivity contribution in [3.8, 4) is 5.75 Å². The van der Waals surface area contributed by atoms with E-state index < -0.39 is 14.5 Å². The van der Waals surface area contributed by atoms with Gasteiger partial charge >= 0.3 is 5.97 Å². The number of rotatable bonds is 9.